The first-order valence-electron chi connectivity index (χ1n) is 43.8. The van der Waals surface area contributed by atoms with E-state index in [0.717, 1.165) is 160 Å². The van der Waals surface area contributed by atoms with Crippen molar-refractivity contribution in [3.63, 3.8) is 0 Å². The molecule has 21 rings (SSSR count). The van der Waals surface area contributed by atoms with Crippen LogP contribution >= 0.6 is 0 Å². The first-order valence-corrected chi connectivity index (χ1v) is 45.8. The van der Waals surface area contributed by atoms with E-state index in [9.17, 15) is 17.6 Å². The largest absolute Gasteiger partial charge is 0.448 e. The molecule has 1 amide bonds. The Morgan fingerprint density at radius 2 is 0.771 bits per heavy atom. The molecule has 0 radical (unpaired) electrons. The highest BCUT2D eigenvalue weighted by Gasteiger charge is 2.51. The van der Waals surface area contributed by atoms with E-state index in [1.807, 2.05) is 238 Å². The number of aryl methyl sites for hydroxylation is 8. The molecule has 3 aliphatic carbocycles. The number of hydrogen-bond acceptors (Lipinski definition) is 25. The molecule has 1 unspecified atom stereocenters. The molecule has 670 valence electrons. The Morgan fingerprint density at radius 1 is 0.420 bits per heavy atom. The number of rotatable bonds is 27. The van der Waals surface area contributed by atoms with Crippen LogP contribution in [0.15, 0.2) is 221 Å². The number of cyclic esters (lactones) is 1. The Labute approximate surface area is 757 Å². The van der Waals surface area contributed by atoms with Crippen molar-refractivity contribution >= 4 is 39.2 Å². The van der Waals surface area contributed by atoms with Crippen molar-refractivity contribution in [2.75, 3.05) is 73.4 Å². The number of carbonyl (C=O) groups excluding carboxylic acids is 1. The normalized spacial score (nSPS) is 17.6. The number of nitrogens with one attached hydrogen (secondary N) is 5. The van der Waals surface area contributed by atoms with Crippen LogP contribution in [-0.4, -0.2) is 213 Å². The summed E-state index contributed by atoms with van der Waals surface area (Å²) in [7, 11) is 12.1. The summed E-state index contributed by atoms with van der Waals surface area (Å²) < 4.78 is 56.2. The lowest BCUT2D eigenvalue weighted by atomic mass is 9.90. The lowest BCUT2D eigenvalue weighted by Crippen LogP contribution is -2.43. The van der Waals surface area contributed by atoms with E-state index in [2.05, 4.69) is 113 Å². The molecule has 12 aromatic heterocycles. The van der Waals surface area contributed by atoms with E-state index in [4.69, 9.17) is 29.7 Å². The summed E-state index contributed by atoms with van der Waals surface area (Å²) in [6.45, 7) is 5.73. The van der Waals surface area contributed by atoms with E-state index in [1.165, 1.54) is 25.8 Å². The fourth-order valence-electron chi connectivity index (χ4n) is 17.0. The van der Waals surface area contributed by atoms with Crippen LogP contribution in [0.5, 0.6) is 0 Å². The van der Waals surface area contributed by atoms with Gasteiger partial charge in [-0.05, 0) is 134 Å². The van der Waals surface area contributed by atoms with Gasteiger partial charge in [-0.1, -0.05) is 72.8 Å². The molecule has 16 aromatic rings. The molecule has 0 bridgehead atoms. The summed E-state index contributed by atoms with van der Waals surface area (Å²) in [4.78, 5) is 51.5. The molecule has 5 N–H and O–H groups in total. The second-order valence-electron chi connectivity index (χ2n) is 34.1. The summed E-state index contributed by atoms with van der Waals surface area (Å²) in [5, 5.41) is 51.7. The molecule has 2 aliphatic heterocycles. The van der Waals surface area contributed by atoms with Gasteiger partial charge in [-0.15, -0.1) is 0 Å². The highest BCUT2D eigenvalue weighted by Crippen LogP contribution is 2.51. The zero-order valence-corrected chi connectivity index (χ0v) is 75.1. The second-order valence-corrected chi connectivity index (χ2v) is 36.4. The minimum Gasteiger partial charge on any atom is -0.448 e. The van der Waals surface area contributed by atoms with Crippen molar-refractivity contribution in [2.24, 2.45) is 74.1 Å². The Balaban J connectivity index is 0.000000117. The van der Waals surface area contributed by atoms with Crippen LogP contribution in [0.1, 0.15) is 44.9 Å². The molecule has 0 spiro atoms. The smallest absolute Gasteiger partial charge is 0.409 e. The minimum atomic E-state index is -3.03. The maximum Gasteiger partial charge on any atom is 0.409 e. The van der Waals surface area contributed by atoms with Gasteiger partial charge in [-0.25, -0.2) is 57.5 Å². The number of carbonyl (C=O) groups is 1. The molecule has 34 nitrogen and oxygen atoms in total. The van der Waals surface area contributed by atoms with E-state index in [1.54, 1.807) is 51.6 Å². The number of nitrogens with zero attached hydrogens (tertiary/aromatic N) is 25. The Kier molecular flexibility index (Phi) is 25.4. The molecule has 3 saturated carbocycles. The van der Waals surface area contributed by atoms with Gasteiger partial charge in [0.1, 0.15) is 45.9 Å². The molecular formula is C95H103FN30O4S. The highest BCUT2D eigenvalue weighted by atomic mass is 32.2. The van der Waals surface area contributed by atoms with E-state index in [0.29, 0.717) is 86.9 Å². The van der Waals surface area contributed by atoms with E-state index >= 15 is 0 Å². The third-order valence-electron chi connectivity index (χ3n) is 24.3. The highest BCUT2D eigenvalue weighted by molar-refractivity contribution is 7.91. The lowest BCUT2D eigenvalue weighted by molar-refractivity contribution is 0.158. The van der Waals surface area contributed by atoms with Crippen LogP contribution in [0.2, 0.25) is 0 Å². The topological polar surface area (TPSA) is 370 Å². The summed E-state index contributed by atoms with van der Waals surface area (Å²) in [5.41, 5.74) is 19.0. The van der Waals surface area contributed by atoms with E-state index in [-0.39, 0.29) is 23.4 Å². The lowest BCUT2D eigenvalue weighted by Gasteiger charge is -2.35. The second kappa shape index (κ2) is 38.2. The number of amides is 1. The summed E-state index contributed by atoms with van der Waals surface area (Å²) in [5.74, 6) is 8.22. The predicted octanol–water partition coefficient (Wildman–Crippen LogP) is 13.6. The van der Waals surface area contributed by atoms with Crippen LogP contribution < -0.4 is 26.6 Å². The number of halogens is 1. The SMILES string of the molecule is Cn1cc(-c2cccc(-c3ncc(-c4ccn(C)n4)c(NC4CC(F)C4)n3)c2)cn1.Cn1cc(-c2cccc(-c3ncc(-c4ccn(C)n4)c(NC4CC(S(C)(=O)=O)C4)n3)c2)cn1.Cn1cc(-c2cccc(-c3ncc(-c4cnn(C)c4)c(NCCCC4[C@H]5CNC[C@@H]45)n3)c2)cn1.Cn1cc(-c2cccc(-c3ncc(-c4cnn(C)c4)c(NCCCN4CCOC4=O)n3)c2)cn1. The molecular weight excluding hydrogens is 1680 g/mol. The quantitative estimate of drug-likeness (QED) is 0.0299. The van der Waals surface area contributed by atoms with Gasteiger partial charge in [0.05, 0.1) is 71.5 Å². The van der Waals surface area contributed by atoms with Crippen LogP contribution in [-0.2, 0) is 71.0 Å². The molecule has 5 fully saturated rings. The zero-order chi connectivity index (χ0) is 90.4. The Bertz CT molecular complexity index is 6840. The van der Waals surface area contributed by atoms with Gasteiger partial charge in [0, 0.05) is 235 Å². The number of piperidine rings is 1. The van der Waals surface area contributed by atoms with Gasteiger partial charge < -0.3 is 36.2 Å². The van der Waals surface area contributed by atoms with E-state index < -0.39 is 16.0 Å². The summed E-state index contributed by atoms with van der Waals surface area (Å²) in [6.07, 6.45) is 39.6. The average molecular weight is 1780 g/mol. The fraction of sp³-hybridized carbons (Fsp3) is 0.316. The number of sulfone groups is 1. The fourth-order valence-corrected chi connectivity index (χ4v) is 18.1. The number of alkyl halides is 1. The van der Waals surface area contributed by atoms with Crippen molar-refractivity contribution in [3.8, 4) is 135 Å². The first-order chi connectivity index (χ1) is 63.5. The predicted molar refractivity (Wildman–Crippen MR) is 501 cm³/mol. The van der Waals surface area contributed by atoms with Gasteiger partial charge in [0.25, 0.3) is 0 Å². The van der Waals surface area contributed by atoms with Gasteiger partial charge in [-0.3, -0.25) is 37.5 Å². The zero-order valence-electron chi connectivity index (χ0n) is 74.3. The van der Waals surface area contributed by atoms with Crippen LogP contribution in [0.4, 0.5) is 32.5 Å². The molecule has 14 heterocycles. The van der Waals surface area contributed by atoms with Gasteiger partial charge in [0.2, 0.25) is 0 Å². The molecule has 3 atom stereocenters. The van der Waals surface area contributed by atoms with Crippen molar-refractivity contribution in [2.45, 2.75) is 68.5 Å². The van der Waals surface area contributed by atoms with Crippen LogP contribution in [0.25, 0.3) is 135 Å². The molecule has 4 aromatic carbocycles. The minimum absolute atomic E-state index is 0.0386. The van der Waals surface area contributed by atoms with Gasteiger partial charge in [-0.2, -0.15) is 40.8 Å². The van der Waals surface area contributed by atoms with Crippen molar-refractivity contribution in [1.29, 1.82) is 0 Å². The number of benzene rings is 4. The summed E-state index contributed by atoms with van der Waals surface area (Å²) in [6, 6.07) is 36.5. The number of anilines is 4. The number of fused-ring (bicyclic) bond motifs is 1. The monoisotopic (exact) mass is 1780 g/mol. The third kappa shape index (κ3) is 20.7. The summed E-state index contributed by atoms with van der Waals surface area (Å²) >= 11 is 0. The first kappa shape index (κ1) is 86.9. The van der Waals surface area contributed by atoms with Crippen molar-refractivity contribution < 1.29 is 22.3 Å². The van der Waals surface area contributed by atoms with Crippen molar-refractivity contribution in [3.05, 3.63) is 221 Å². The van der Waals surface area contributed by atoms with Gasteiger partial charge in [0.15, 0.2) is 23.3 Å². The van der Waals surface area contributed by atoms with Crippen molar-refractivity contribution in [1.82, 2.24) is 128 Å². The van der Waals surface area contributed by atoms with Crippen LogP contribution in [0.3, 0.4) is 0 Å². The van der Waals surface area contributed by atoms with Gasteiger partial charge >= 0.3 is 6.09 Å². The maximum atomic E-state index is 13.4. The number of ether oxygens (including phenoxy) is 1. The Hall–Kier alpha value is -14.8. The molecule has 36 heteroatoms. The number of aromatic nitrogens is 24. The Morgan fingerprint density at radius 3 is 1.11 bits per heavy atom. The molecule has 2 saturated heterocycles. The molecule has 131 heavy (non-hydrogen) atoms. The van der Waals surface area contributed by atoms with Crippen LogP contribution in [0, 0.1) is 17.8 Å². The molecule has 5 aliphatic rings. The standard InChI is InChI=1S/C26H30N8.C24H26N8O2.C23H25N7O2S.C22H22FN7/c1-33-15-19(10-30-33)17-5-3-6-18(9-17)25-29-14-22(20-11-31-34(2)16-20)26(32-25)28-8-4-7-21-23-12-27-13-24(21)23;1-30-15-19(12-27-30)17-5-3-6-18(11-17)22-26-14-21(20-13-28-31(2)16-20)23(29-22)25-7-4-8-32-9-10-34-24(32)33;1-29-8-7-21(28-29)20-13-24-22(27-23(20)26-18-10-19(11-18)33(3,31)32)16-6-4-5-15(9-16)17-12-25-30(2)14-17;1-29-7-6-20(28-29)19-12-24-21(27-22(19)26-18-9-17(23)10-18)15-5-3-4-14(8-15)16-11-25-30(2)13-16/h3,5-6,9-11,14-16,21,23-24,27H,4,7-8,12-13H2,1-2H3,(H,28,29,32);3,5-6,11-16H,4,7-10H2,1-2H3,(H,25,26,29);4-9,12-14,18-19H,10-11H2,1-3H3,(H,24,26,27);3-8,11-13,17-18H,9-10H2,1-2H3,(H,24,26,27)/t21?,23-,24+;;;. The third-order valence-corrected chi connectivity index (χ3v) is 25.9. The average Bonchev–Trinajstić information content (AvgIpc) is 1.59. The maximum absolute atomic E-state index is 13.4. The number of hydrogen-bond donors (Lipinski definition) is 5.